The smallest absolute Gasteiger partial charge is 0.294 e. The minimum atomic E-state index is -0.804. The fourth-order valence-electron chi connectivity index (χ4n) is 2.57. The first-order valence-electron chi connectivity index (χ1n) is 8.74. The van der Waals surface area contributed by atoms with Gasteiger partial charge >= 0.3 is 0 Å². The summed E-state index contributed by atoms with van der Waals surface area (Å²) in [7, 11) is 0. The summed E-state index contributed by atoms with van der Waals surface area (Å²) in [5.74, 6) is -1.59. The predicted molar refractivity (Wildman–Crippen MR) is 119 cm³/mol. The standard InChI is InChI=1S/C20H15Cl2N3O5S/c21-12-1-4-14(5-2-12)24-18(27)10-30-15-6-3-13(22)7-11(15)8-16-19(28)25(9-17(23)26)20(29)31-16/h1-8H,9-10H2,(H2,23,26)(H,24,27)/b16-8-. The monoisotopic (exact) mass is 479 g/mol. The van der Waals surface area contributed by atoms with E-state index in [1.165, 1.54) is 18.2 Å². The first-order valence-corrected chi connectivity index (χ1v) is 10.3. The molecule has 2 aromatic carbocycles. The van der Waals surface area contributed by atoms with Gasteiger partial charge in [0.05, 0.1) is 4.91 Å². The summed E-state index contributed by atoms with van der Waals surface area (Å²) in [6.45, 7) is -0.819. The molecule has 0 atom stereocenters. The Bertz CT molecular complexity index is 1090. The molecule has 3 rings (SSSR count). The van der Waals surface area contributed by atoms with E-state index in [9.17, 15) is 19.2 Å². The summed E-state index contributed by atoms with van der Waals surface area (Å²) in [6, 6.07) is 11.2. The van der Waals surface area contributed by atoms with Crippen LogP contribution >= 0.6 is 35.0 Å². The van der Waals surface area contributed by atoms with Crippen LogP contribution in [0.5, 0.6) is 5.75 Å². The van der Waals surface area contributed by atoms with Crippen LogP contribution in [-0.4, -0.2) is 41.0 Å². The molecule has 0 bridgehead atoms. The van der Waals surface area contributed by atoms with Crippen LogP contribution in [0.4, 0.5) is 10.5 Å². The molecule has 160 valence electrons. The van der Waals surface area contributed by atoms with E-state index in [1.807, 2.05) is 0 Å². The Hall–Kier alpha value is -3.01. The number of halogens is 2. The van der Waals surface area contributed by atoms with Crippen LogP contribution in [0.1, 0.15) is 5.56 Å². The van der Waals surface area contributed by atoms with Crippen molar-refractivity contribution in [1.29, 1.82) is 0 Å². The van der Waals surface area contributed by atoms with Gasteiger partial charge in [-0.1, -0.05) is 23.2 Å². The highest BCUT2D eigenvalue weighted by Crippen LogP contribution is 2.34. The number of thioether (sulfide) groups is 1. The predicted octanol–water partition coefficient (Wildman–Crippen LogP) is 3.53. The second kappa shape index (κ2) is 9.86. The molecule has 0 aromatic heterocycles. The van der Waals surface area contributed by atoms with Gasteiger partial charge in [0.15, 0.2) is 6.61 Å². The lowest BCUT2D eigenvalue weighted by atomic mass is 10.2. The summed E-state index contributed by atoms with van der Waals surface area (Å²) >= 11 is 12.5. The number of nitrogens with one attached hydrogen (secondary N) is 1. The van der Waals surface area contributed by atoms with Crippen LogP contribution in [0.15, 0.2) is 47.4 Å². The number of rotatable bonds is 7. The highest BCUT2D eigenvalue weighted by molar-refractivity contribution is 8.18. The van der Waals surface area contributed by atoms with Crippen molar-refractivity contribution in [2.24, 2.45) is 5.73 Å². The van der Waals surface area contributed by atoms with Crippen LogP contribution in [-0.2, 0) is 14.4 Å². The summed E-state index contributed by atoms with van der Waals surface area (Å²) < 4.78 is 5.58. The molecular weight excluding hydrogens is 465 g/mol. The third-order valence-corrected chi connectivity index (χ3v) is 5.33. The zero-order valence-electron chi connectivity index (χ0n) is 15.8. The second-order valence-corrected chi connectivity index (χ2v) is 8.13. The summed E-state index contributed by atoms with van der Waals surface area (Å²) in [6.07, 6.45) is 1.41. The van der Waals surface area contributed by atoms with Crippen molar-refractivity contribution in [2.75, 3.05) is 18.5 Å². The molecule has 0 spiro atoms. The number of imide groups is 1. The number of hydrogen-bond donors (Lipinski definition) is 2. The summed E-state index contributed by atoms with van der Waals surface area (Å²) in [5, 5.41) is 2.96. The fourth-order valence-corrected chi connectivity index (χ4v) is 3.71. The van der Waals surface area contributed by atoms with E-state index < -0.39 is 29.5 Å². The summed E-state index contributed by atoms with van der Waals surface area (Å²) in [4.78, 5) is 48.5. The number of anilines is 1. The van der Waals surface area contributed by atoms with Crippen molar-refractivity contribution < 1.29 is 23.9 Å². The molecule has 1 heterocycles. The molecule has 2 aromatic rings. The van der Waals surface area contributed by atoms with Crippen molar-refractivity contribution in [3.05, 3.63) is 63.0 Å². The van der Waals surface area contributed by atoms with Crippen LogP contribution in [0, 0.1) is 0 Å². The lowest BCUT2D eigenvalue weighted by molar-refractivity contribution is -0.127. The number of benzene rings is 2. The minimum absolute atomic E-state index is 0.0731. The normalized spacial score (nSPS) is 14.8. The number of ether oxygens (including phenoxy) is 1. The third kappa shape index (κ3) is 6.00. The van der Waals surface area contributed by atoms with Gasteiger partial charge in [-0.3, -0.25) is 24.1 Å². The van der Waals surface area contributed by atoms with Gasteiger partial charge in [-0.25, -0.2) is 0 Å². The van der Waals surface area contributed by atoms with Gasteiger partial charge in [-0.15, -0.1) is 0 Å². The van der Waals surface area contributed by atoms with Crippen molar-refractivity contribution in [2.45, 2.75) is 0 Å². The molecule has 11 heteroatoms. The number of hydrogen-bond acceptors (Lipinski definition) is 6. The lowest BCUT2D eigenvalue weighted by Gasteiger charge is -2.11. The Balaban J connectivity index is 1.73. The van der Waals surface area contributed by atoms with Crippen LogP contribution in [0.2, 0.25) is 10.0 Å². The number of nitrogens with zero attached hydrogens (tertiary/aromatic N) is 1. The van der Waals surface area contributed by atoms with E-state index in [-0.39, 0.29) is 17.3 Å². The first-order chi connectivity index (χ1) is 14.7. The maximum atomic E-state index is 12.4. The molecule has 8 nitrogen and oxygen atoms in total. The molecule has 1 aliphatic rings. The highest BCUT2D eigenvalue weighted by Gasteiger charge is 2.36. The van der Waals surface area contributed by atoms with Crippen molar-refractivity contribution in [1.82, 2.24) is 4.90 Å². The molecule has 0 unspecified atom stereocenters. The number of carbonyl (C=O) groups excluding carboxylic acids is 4. The van der Waals surface area contributed by atoms with E-state index in [4.69, 9.17) is 33.7 Å². The number of primary amides is 1. The Morgan fingerprint density at radius 1 is 1.10 bits per heavy atom. The number of nitrogens with two attached hydrogens (primary N) is 1. The summed E-state index contributed by atoms with van der Waals surface area (Å²) in [5.41, 5.74) is 6.01. The van der Waals surface area contributed by atoms with Crippen molar-refractivity contribution in [3.63, 3.8) is 0 Å². The zero-order valence-corrected chi connectivity index (χ0v) is 18.1. The fraction of sp³-hybridized carbons (Fsp3) is 0.100. The van der Waals surface area contributed by atoms with E-state index in [0.29, 0.717) is 33.1 Å². The maximum Gasteiger partial charge on any atom is 0.294 e. The molecule has 3 N–H and O–H groups in total. The van der Waals surface area contributed by atoms with Gasteiger partial charge in [0.1, 0.15) is 12.3 Å². The van der Waals surface area contributed by atoms with Crippen LogP contribution in [0.25, 0.3) is 6.08 Å². The third-order valence-electron chi connectivity index (χ3n) is 3.93. The number of carbonyl (C=O) groups is 4. The topological polar surface area (TPSA) is 119 Å². The van der Waals surface area contributed by atoms with E-state index >= 15 is 0 Å². The molecule has 0 radical (unpaired) electrons. The quantitative estimate of drug-likeness (QED) is 0.586. The van der Waals surface area contributed by atoms with Gasteiger partial charge in [0.2, 0.25) is 5.91 Å². The van der Waals surface area contributed by atoms with Gasteiger partial charge in [0, 0.05) is 21.3 Å². The van der Waals surface area contributed by atoms with Gasteiger partial charge in [-0.2, -0.15) is 0 Å². The Labute approximate surface area is 191 Å². The highest BCUT2D eigenvalue weighted by atomic mass is 35.5. The molecule has 1 aliphatic heterocycles. The van der Waals surface area contributed by atoms with Gasteiger partial charge in [0.25, 0.3) is 17.1 Å². The maximum absolute atomic E-state index is 12.4. The van der Waals surface area contributed by atoms with Crippen molar-refractivity contribution in [3.8, 4) is 5.75 Å². The molecule has 1 saturated heterocycles. The molecule has 0 saturated carbocycles. The Morgan fingerprint density at radius 2 is 1.77 bits per heavy atom. The van der Waals surface area contributed by atoms with Gasteiger partial charge in [-0.05, 0) is 60.3 Å². The Morgan fingerprint density at radius 3 is 2.45 bits per heavy atom. The lowest BCUT2D eigenvalue weighted by Crippen LogP contribution is -2.36. The SMILES string of the molecule is NC(=O)CN1C(=O)S/C(=C\c2cc(Cl)ccc2OCC(=O)Nc2ccc(Cl)cc2)C1=O. The first kappa shape index (κ1) is 22.7. The molecule has 4 amide bonds. The van der Waals surface area contributed by atoms with E-state index in [0.717, 1.165) is 4.90 Å². The minimum Gasteiger partial charge on any atom is -0.483 e. The molecule has 1 fully saturated rings. The second-order valence-electron chi connectivity index (χ2n) is 6.26. The largest absolute Gasteiger partial charge is 0.483 e. The number of amides is 4. The average molecular weight is 480 g/mol. The van der Waals surface area contributed by atoms with Gasteiger partial charge < -0.3 is 15.8 Å². The van der Waals surface area contributed by atoms with Crippen LogP contribution in [0.3, 0.4) is 0 Å². The zero-order chi connectivity index (χ0) is 22.5. The van der Waals surface area contributed by atoms with E-state index in [2.05, 4.69) is 5.32 Å². The van der Waals surface area contributed by atoms with Crippen LogP contribution < -0.4 is 15.8 Å². The van der Waals surface area contributed by atoms with E-state index in [1.54, 1.807) is 30.3 Å². The van der Waals surface area contributed by atoms with Crippen molar-refractivity contribution >= 4 is 69.7 Å². The average Bonchev–Trinajstić information content (AvgIpc) is 2.96. The molecule has 31 heavy (non-hydrogen) atoms. The molecular formula is C20H15Cl2N3O5S. The molecule has 0 aliphatic carbocycles. The Kier molecular flexibility index (Phi) is 7.21.